The number of amides is 2. The zero-order valence-corrected chi connectivity index (χ0v) is 19.3. The van der Waals surface area contributed by atoms with Gasteiger partial charge in [-0.2, -0.15) is 4.31 Å². The second kappa shape index (κ2) is 9.60. The standard InChI is InChI=1S/C22H22FN3O4S2/c1-14-4-9-18(12-15(14)2)32(29,30)26(3)13-21(27)24-25-22(28)20-11-10-19(31-20)16-5-7-17(23)8-6-16/h4-12H,13H2,1-3H3,(H,24,27)(H,25,28). The predicted octanol–water partition coefficient (Wildman–Crippen LogP) is 3.25. The molecule has 0 spiro atoms. The molecule has 1 aromatic heterocycles. The van der Waals surface area contributed by atoms with Crippen LogP contribution < -0.4 is 10.9 Å². The molecule has 3 aromatic rings. The highest BCUT2D eigenvalue weighted by Crippen LogP contribution is 2.28. The van der Waals surface area contributed by atoms with Crippen LogP contribution in [0.5, 0.6) is 0 Å². The molecule has 0 radical (unpaired) electrons. The molecule has 0 saturated heterocycles. The summed E-state index contributed by atoms with van der Waals surface area (Å²) in [5, 5.41) is 0. The number of benzene rings is 2. The summed E-state index contributed by atoms with van der Waals surface area (Å²) in [6.45, 7) is 3.21. The minimum Gasteiger partial charge on any atom is -0.272 e. The molecule has 0 aliphatic heterocycles. The molecule has 0 bridgehead atoms. The second-order valence-electron chi connectivity index (χ2n) is 7.18. The van der Waals surface area contributed by atoms with E-state index in [4.69, 9.17) is 0 Å². The Hall–Kier alpha value is -3.08. The number of sulfonamides is 1. The van der Waals surface area contributed by atoms with Gasteiger partial charge < -0.3 is 0 Å². The summed E-state index contributed by atoms with van der Waals surface area (Å²) >= 11 is 1.18. The molecule has 2 amide bonds. The van der Waals surface area contributed by atoms with E-state index in [1.54, 1.807) is 36.4 Å². The first-order chi connectivity index (χ1) is 15.1. The van der Waals surface area contributed by atoms with Crippen LogP contribution in [0.1, 0.15) is 20.8 Å². The summed E-state index contributed by atoms with van der Waals surface area (Å²) in [4.78, 5) is 25.7. The highest BCUT2D eigenvalue weighted by Gasteiger charge is 2.23. The van der Waals surface area contributed by atoms with Gasteiger partial charge in [-0.3, -0.25) is 20.4 Å². The lowest BCUT2D eigenvalue weighted by molar-refractivity contribution is -0.121. The van der Waals surface area contributed by atoms with Crippen LogP contribution in [0.2, 0.25) is 0 Å². The molecule has 7 nitrogen and oxygen atoms in total. The molecule has 168 valence electrons. The first kappa shape index (κ1) is 23.6. The van der Waals surface area contributed by atoms with Gasteiger partial charge in [-0.15, -0.1) is 11.3 Å². The fourth-order valence-corrected chi connectivity index (χ4v) is 4.92. The van der Waals surface area contributed by atoms with E-state index in [9.17, 15) is 22.4 Å². The summed E-state index contributed by atoms with van der Waals surface area (Å²) in [7, 11) is -2.57. The molecule has 2 N–H and O–H groups in total. The number of nitrogens with zero attached hydrogens (tertiary/aromatic N) is 1. The molecule has 3 rings (SSSR count). The van der Waals surface area contributed by atoms with E-state index in [-0.39, 0.29) is 10.7 Å². The van der Waals surface area contributed by atoms with Crippen molar-refractivity contribution in [3.05, 3.63) is 76.4 Å². The maximum atomic E-state index is 13.1. The quantitative estimate of drug-likeness (QED) is 0.535. The summed E-state index contributed by atoms with van der Waals surface area (Å²) in [5.41, 5.74) is 7.05. The van der Waals surface area contributed by atoms with Gasteiger partial charge in [-0.05, 0) is 66.9 Å². The monoisotopic (exact) mass is 475 g/mol. The first-order valence-electron chi connectivity index (χ1n) is 9.56. The maximum Gasteiger partial charge on any atom is 0.279 e. The van der Waals surface area contributed by atoms with Crippen molar-refractivity contribution in [1.82, 2.24) is 15.2 Å². The number of nitrogens with one attached hydrogen (secondary N) is 2. The van der Waals surface area contributed by atoms with Crippen LogP contribution in [-0.2, 0) is 14.8 Å². The maximum absolute atomic E-state index is 13.1. The van der Waals surface area contributed by atoms with Crippen molar-refractivity contribution in [3.63, 3.8) is 0 Å². The molecule has 32 heavy (non-hydrogen) atoms. The first-order valence-corrected chi connectivity index (χ1v) is 11.8. The van der Waals surface area contributed by atoms with E-state index in [0.717, 1.165) is 25.9 Å². The van der Waals surface area contributed by atoms with Crippen LogP contribution in [-0.4, -0.2) is 38.1 Å². The summed E-state index contributed by atoms with van der Waals surface area (Å²) in [6, 6.07) is 13.9. The van der Waals surface area contributed by atoms with Crippen LogP contribution in [0.3, 0.4) is 0 Å². The van der Waals surface area contributed by atoms with Crippen molar-refractivity contribution in [2.45, 2.75) is 18.7 Å². The predicted molar refractivity (Wildman–Crippen MR) is 121 cm³/mol. The van der Waals surface area contributed by atoms with Crippen molar-refractivity contribution >= 4 is 33.2 Å². The Morgan fingerprint density at radius 2 is 1.66 bits per heavy atom. The average Bonchev–Trinajstić information content (AvgIpc) is 3.24. The Morgan fingerprint density at radius 1 is 0.969 bits per heavy atom. The van der Waals surface area contributed by atoms with Gasteiger partial charge in [0.1, 0.15) is 5.82 Å². The molecule has 0 fully saturated rings. The normalized spacial score (nSPS) is 11.4. The van der Waals surface area contributed by atoms with Crippen LogP contribution >= 0.6 is 11.3 Å². The van der Waals surface area contributed by atoms with Crippen molar-refractivity contribution < 1.29 is 22.4 Å². The number of hydrogen-bond acceptors (Lipinski definition) is 5. The van der Waals surface area contributed by atoms with E-state index in [1.165, 1.54) is 36.6 Å². The molecule has 1 heterocycles. The zero-order chi connectivity index (χ0) is 23.5. The molecule has 0 aliphatic rings. The number of carbonyl (C=O) groups excluding carboxylic acids is 2. The highest BCUT2D eigenvalue weighted by molar-refractivity contribution is 7.89. The number of aryl methyl sites for hydroxylation is 2. The van der Waals surface area contributed by atoms with Gasteiger partial charge in [0, 0.05) is 11.9 Å². The Labute approximate surface area is 189 Å². The topological polar surface area (TPSA) is 95.6 Å². The summed E-state index contributed by atoms with van der Waals surface area (Å²) in [6.07, 6.45) is 0. The Kier molecular flexibility index (Phi) is 7.07. The lowest BCUT2D eigenvalue weighted by atomic mass is 10.1. The lowest BCUT2D eigenvalue weighted by Crippen LogP contribution is -2.46. The Balaban J connectivity index is 1.58. The molecular formula is C22H22FN3O4S2. The molecule has 2 aromatic carbocycles. The molecule has 0 unspecified atom stereocenters. The number of carbonyl (C=O) groups is 2. The van der Waals surface area contributed by atoms with Crippen molar-refractivity contribution in [2.75, 3.05) is 13.6 Å². The number of rotatable bonds is 6. The second-order valence-corrected chi connectivity index (χ2v) is 10.3. The molecule has 0 aliphatic carbocycles. The van der Waals surface area contributed by atoms with Crippen LogP contribution in [0, 0.1) is 19.7 Å². The zero-order valence-electron chi connectivity index (χ0n) is 17.7. The smallest absolute Gasteiger partial charge is 0.272 e. The summed E-state index contributed by atoms with van der Waals surface area (Å²) in [5.74, 6) is -1.59. The van der Waals surface area contributed by atoms with Gasteiger partial charge in [0.2, 0.25) is 10.0 Å². The lowest BCUT2D eigenvalue weighted by Gasteiger charge is -2.17. The van der Waals surface area contributed by atoms with E-state index in [2.05, 4.69) is 10.9 Å². The highest BCUT2D eigenvalue weighted by atomic mass is 32.2. The minimum absolute atomic E-state index is 0.0897. The minimum atomic E-state index is -3.86. The number of halogens is 1. The van der Waals surface area contributed by atoms with Crippen molar-refractivity contribution in [1.29, 1.82) is 0 Å². The van der Waals surface area contributed by atoms with Crippen LogP contribution in [0.15, 0.2) is 59.5 Å². The summed E-state index contributed by atoms with van der Waals surface area (Å²) < 4.78 is 39.3. The third kappa shape index (κ3) is 5.39. The van der Waals surface area contributed by atoms with Gasteiger partial charge in [0.05, 0.1) is 16.3 Å². The fourth-order valence-electron chi connectivity index (χ4n) is 2.80. The Bertz CT molecular complexity index is 1250. The number of hydrazine groups is 1. The van der Waals surface area contributed by atoms with Crippen molar-refractivity contribution in [2.24, 2.45) is 0 Å². The Morgan fingerprint density at radius 3 is 2.31 bits per heavy atom. The van der Waals surface area contributed by atoms with Gasteiger partial charge in [-0.25, -0.2) is 12.8 Å². The van der Waals surface area contributed by atoms with Gasteiger partial charge in [0.15, 0.2) is 0 Å². The fraction of sp³-hybridized carbons (Fsp3) is 0.182. The third-order valence-electron chi connectivity index (χ3n) is 4.83. The van der Waals surface area contributed by atoms with E-state index < -0.39 is 28.4 Å². The SMILES string of the molecule is Cc1ccc(S(=O)(=O)N(C)CC(=O)NNC(=O)c2ccc(-c3ccc(F)cc3)s2)cc1C. The van der Waals surface area contributed by atoms with E-state index in [0.29, 0.717) is 4.88 Å². The van der Waals surface area contributed by atoms with Gasteiger partial charge in [-0.1, -0.05) is 18.2 Å². The van der Waals surface area contributed by atoms with Crippen molar-refractivity contribution in [3.8, 4) is 10.4 Å². The molecular weight excluding hydrogens is 453 g/mol. The number of hydrogen-bond donors (Lipinski definition) is 2. The van der Waals surface area contributed by atoms with Crippen LogP contribution in [0.4, 0.5) is 4.39 Å². The molecule has 0 atom stereocenters. The number of likely N-dealkylation sites (N-methyl/N-ethyl adjacent to an activating group) is 1. The number of thiophene rings is 1. The largest absolute Gasteiger partial charge is 0.279 e. The van der Waals surface area contributed by atoms with Gasteiger partial charge in [0.25, 0.3) is 11.8 Å². The van der Waals surface area contributed by atoms with E-state index in [1.807, 2.05) is 13.8 Å². The molecule has 0 saturated carbocycles. The van der Waals surface area contributed by atoms with Gasteiger partial charge >= 0.3 is 0 Å². The third-order valence-corrected chi connectivity index (χ3v) is 7.76. The van der Waals surface area contributed by atoms with Crippen LogP contribution in [0.25, 0.3) is 10.4 Å². The molecule has 10 heteroatoms. The van der Waals surface area contributed by atoms with E-state index >= 15 is 0 Å². The average molecular weight is 476 g/mol.